The number of rotatable bonds is 4. The zero-order valence-electron chi connectivity index (χ0n) is 12.4. The zero-order chi connectivity index (χ0) is 16.2. The minimum Gasteiger partial charge on any atom is -0.486 e. The van der Waals surface area contributed by atoms with Gasteiger partial charge in [0.2, 0.25) is 0 Å². The molecule has 1 atom stereocenters. The van der Waals surface area contributed by atoms with Gasteiger partial charge >= 0.3 is 5.97 Å². The third-order valence-corrected chi connectivity index (χ3v) is 3.76. The summed E-state index contributed by atoms with van der Waals surface area (Å²) >= 11 is 0. The van der Waals surface area contributed by atoms with Gasteiger partial charge in [-0.25, -0.2) is 0 Å². The van der Waals surface area contributed by atoms with Gasteiger partial charge in [-0.2, -0.15) is 5.26 Å². The molecule has 0 saturated carbocycles. The minimum absolute atomic E-state index is 0.310. The van der Waals surface area contributed by atoms with Gasteiger partial charge < -0.3 is 14.6 Å². The van der Waals surface area contributed by atoms with Gasteiger partial charge in [0.05, 0.1) is 17.6 Å². The molecule has 23 heavy (non-hydrogen) atoms. The highest BCUT2D eigenvalue weighted by atomic mass is 16.6. The highest BCUT2D eigenvalue weighted by Crippen LogP contribution is 2.34. The number of carboxylic acid groups (broad SMARTS) is 1. The fourth-order valence-corrected chi connectivity index (χ4v) is 2.63. The van der Waals surface area contributed by atoms with Crippen LogP contribution in [0.3, 0.4) is 0 Å². The quantitative estimate of drug-likeness (QED) is 0.939. The summed E-state index contributed by atoms with van der Waals surface area (Å²) in [5.74, 6) is -0.412. The first kappa shape index (κ1) is 14.9. The monoisotopic (exact) mass is 309 g/mol. The molecule has 1 heterocycles. The number of nitrogens with zero attached hydrogens (tertiary/aromatic N) is 1. The summed E-state index contributed by atoms with van der Waals surface area (Å²) in [4.78, 5) is 11.7. The summed E-state index contributed by atoms with van der Waals surface area (Å²) in [6.07, 6.45) is 0.310. The summed E-state index contributed by atoms with van der Waals surface area (Å²) in [5, 5.41) is 18.5. The maximum Gasteiger partial charge on any atom is 0.311 e. The molecule has 0 spiro atoms. The SMILES string of the molecule is N#Cc1cccc(CC(C(=O)O)c2ccc3c(c2)OCCO3)c1. The van der Waals surface area contributed by atoms with Crippen molar-refractivity contribution in [2.45, 2.75) is 12.3 Å². The predicted octanol–water partition coefficient (Wildman–Crippen LogP) is 2.74. The van der Waals surface area contributed by atoms with E-state index >= 15 is 0 Å². The van der Waals surface area contributed by atoms with Crippen LogP contribution in [0.1, 0.15) is 22.6 Å². The number of aliphatic carboxylic acids is 1. The van der Waals surface area contributed by atoms with Crippen LogP contribution < -0.4 is 9.47 Å². The molecule has 0 saturated heterocycles. The Morgan fingerprint density at radius 3 is 2.70 bits per heavy atom. The Balaban J connectivity index is 1.90. The average molecular weight is 309 g/mol. The third-order valence-electron chi connectivity index (χ3n) is 3.76. The summed E-state index contributed by atoms with van der Waals surface area (Å²) in [6, 6.07) is 14.3. The number of nitriles is 1. The van der Waals surface area contributed by atoms with Gasteiger partial charge in [-0.15, -0.1) is 0 Å². The van der Waals surface area contributed by atoms with Crippen LogP contribution in [0.5, 0.6) is 11.5 Å². The van der Waals surface area contributed by atoms with Crippen LogP contribution in [-0.4, -0.2) is 24.3 Å². The Bertz CT molecular complexity index is 779. The summed E-state index contributed by atoms with van der Waals surface area (Å²) in [6.45, 7) is 0.952. The molecule has 1 aliphatic rings. The lowest BCUT2D eigenvalue weighted by Crippen LogP contribution is -2.18. The highest BCUT2D eigenvalue weighted by molar-refractivity contribution is 5.77. The molecule has 5 heteroatoms. The van der Waals surface area contributed by atoms with Crippen molar-refractivity contribution in [3.8, 4) is 17.6 Å². The van der Waals surface area contributed by atoms with Gasteiger partial charge in [-0.05, 0) is 41.8 Å². The molecule has 1 aliphatic heterocycles. The van der Waals surface area contributed by atoms with E-state index in [1.807, 2.05) is 6.07 Å². The van der Waals surface area contributed by atoms with Crippen molar-refractivity contribution in [1.82, 2.24) is 0 Å². The van der Waals surface area contributed by atoms with E-state index in [0.717, 1.165) is 5.56 Å². The molecule has 0 aliphatic carbocycles. The molecule has 0 amide bonds. The van der Waals surface area contributed by atoms with Crippen molar-refractivity contribution >= 4 is 5.97 Å². The minimum atomic E-state index is -0.913. The molecule has 3 rings (SSSR count). The molecule has 0 fully saturated rings. The highest BCUT2D eigenvalue weighted by Gasteiger charge is 2.23. The number of benzene rings is 2. The number of hydrogen-bond donors (Lipinski definition) is 1. The molecular weight excluding hydrogens is 294 g/mol. The third kappa shape index (κ3) is 3.27. The van der Waals surface area contributed by atoms with Crippen LogP contribution in [0.25, 0.3) is 0 Å². The van der Waals surface area contributed by atoms with E-state index in [-0.39, 0.29) is 0 Å². The van der Waals surface area contributed by atoms with E-state index in [9.17, 15) is 9.90 Å². The van der Waals surface area contributed by atoms with Gasteiger partial charge in [0.1, 0.15) is 13.2 Å². The molecule has 1 N–H and O–H groups in total. The van der Waals surface area contributed by atoms with E-state index < -0.39 is 11.9 Å². The van der Waals surface area contributed by atoms with E-state index in [1.54, 1.807) is 36.4 Å². The van der Waals surface area contributed by atoms with Crippen molar-refractivity contribution in [1.29, 1.82) is 5.26 Å². The van der Waals surface area contributed by atoms with Crippen molar-refractivity contribution in [2.75, 3.05) is 13.2 Å². The van der Waals surface area contributed by atoms with Crippen molar-refractivity contribution in [2.24, 2.45) is 0 Å². The van der Waals surface area contributed by atoms with Crippen LogP contribution >= 0.6 is 0 Å². The van der Waals surface area contributed by atoms with Crippen LogP contribution in [0.4, 0.5) is 0 Å². The summed E-state index contributed by atoms with van der Waals surface area (Å²) in [7, 11) is 0. The Morgan fingerprint density at radius 1 is 1.17 bits per heavy atom. The van der Waals surface area contributed by atoms with Gasteiger partial charge in [0, 0.05) is 0 Å². The van der Waals surface area contributed by atoms with Crippen LogP contribution in [-0.2, 0) is 11.2 Å². The lowest BCUT2D eigenvalue weighted by atomic mass is 9.91. The molecule has 1 unspecified atom stereocenters. The number of carboxylic acids is 1. The van der Waals surface area contributed by atoms with Gasteiger partial charge in [0.15, 0.2) is 11.5 Å². The van der Waals surface area contributed by atoms with E-state index in [0.29, 0.717) is 42.3 Å². The first-order valence-electron chi connectivity index (χ1n) is 7.29. The summed E-state index contributed by atoms with van der Waals surface area (Å²) in [5.41, 5.74) is 1.99. The van der Waals surface area contributed by atoms with Crippen molar-refractivity contribution < 1.29 is 19.4 Å². The summed E-state index contributed by atoms with van der Waals surface area (Å²) < 4.78 is 11.0. The second-order valence-corrected chi connectivity index (χ2v) is 5.31. The van der Waals surface area contributed by atoms with Gasteiger partial charge in [-0.3, -0.25) is 4.79 Å². The maximum atomic E-state index is 11.7. The largest absolute Gasteiger partial charge is 0.486 e. The lowest BCUT2D eigenvalue weighted by Gasteiger charge is -2.20. The van der Waals surface area contributed by atoms with Crippen LogP contribution in [0.15, 0.2) is 42.5 Å². The second-order valence-electron chi connectivity index (χ2n) is 5.31. The lowest BCUT2D eigenvalue weighted by molar-refractivity contribution is -0.138. The number of hydrogen-bond acceptors (Lipinski definition) is 4. The number of carbonyl (C=O) groups is 1. The van der Waals surface area contributed by atoms with Crippen LogP contribution in [0, 0.1) is 11.3 Å². The first-order valence-corrected chi connectivity index (χ1v) is 7.29. The molecular formula is C18H15NO4. The topological polar surface area (TPSA) is 79.6 Å². The van der Waals surface area contributed by atoms with E-state index in [1.165, 1.54) is 0 Å². The molecule has 2 aromatic carbocycles. The molecule has 116 valence electrons. The Hall–Kier alpha value is -3.00. The molecule has 0 radical (unpaired) electrons. The Kier molecular flexibility index (Phi) is 4.15. The van der Waals surface area contributed by atoms with Crippen molar-refractivity contribution in [3.05, 3.63) is 59.2 Å². The number of ether oxygens (including phenoxy) is 2. The van der Waals surface area contributed by atoms with Gasteiger partial charge in [0.25, 0.3) is 0 Å². The first-order chi connectivity index (χ1) is 11.2. The van der Waals surface area contributed by atoms with Crippen molar-refractivity contribution in [3.63, 3.8) is 0 Å². The van der Waals surface area contributed by atoms with E-state index in [4.69, 9.17) is 14.7 Å². The number of fused-ring (bicyclic) bond motifs is 1. The Morgan fingerprint density at radius 2 is 1.96 bits per heavy atom. The second kappa shape index (κ2) is 6.41. The maximum absolute atomic E-state index is 11.7. The fourth-order valence-electron chi connectivity index (χ4n) is 2.63. The normalized spacial score (nSPS) is 13.9. The molecule has 2 aromatic rings. The fraction of sp³-hybridized carbons (Fsp3) is 0.222. The Labute approximate surface area is 133 Å². The smallest absolute Gasteiger partial charge is 0.311 e. The standard InChI is InChI=1S/C18H15NO4/c19-11-13-3-1-2-12(8-13)9-15(18(20)21)14-4-5-16-17(10-14)23-7-6-22-16/h1-5,8,10,15H,6-7,9H2,(H,20,21). The van der Waals surface area contributed by atoms with Crippen LogP contribution in [0.2, 0.25) is 0 Å². The van der Waals surface area contributed by atoms with Gasteiger partial charge in [-0.1, -0.05) is 18.2 Å². The predicted molar refractivity (Wildman–Crippen MR) is 82.7 cm³/mol. The molecule has 0 aromatic heterocycles. The molecule has 5 nitrogen and oxygen atoms in total. The molecule has 0 bridgehead atoms. The average Bonchev–Trinajstić information content (AvgIpc) is 2.59. The zero-order valence-corrected chi connectivity index (χ0v) is 12.4. The van der Waals surface area contributed by atoms with E-state index in [2.05, 4.69) is 6.07 Å².